The number of terminal acetylenes is 1. The van der Waals surface area contributed by atoms with Crippen LogP contribution in [-0.2, 0) is 0 Å². The predicted molar refractivity (Wildman–Crippen MR) is 30.5 cm³/mol. The molecule has 0 radical (unpaired) electrons. The monoisotopic (exact) mass is 98.1 g/mol. The molecule has 0 aromatic rings. The average molecular weight is 98.1 g/mol. The molecule has 7 heavy (non-hydrogen) atoms. The average Bonchev–Trinajstić information content (AvgIpc) is 1.69. The van der Waals surface area contributed by atoms with Crippen molar-refractivity contribution in [2.45, 2.75) is 6.42 Å². The highest BCUT2D eigenvalue weighted by atomic mass is 14.9. The first kappa shape index (κ1) is 6.48. The van der Waals surface area contributed by atoms with Crippen molar-refractivity contribution < 1.29 is 0 Å². The molecule has 40 valence electrons. The molecule has 0 aliphatic heterocycles. The van der Waals surface area contributed by atoms with Gasteiger partial charge in [-0.15, -0.1) is 12.3 Å². The first-order valence-electron chi connectivity index (χ1n) is 2.26. The van der Waals surface area contributed by atoms with Crippen LogP contribution in [0, 0.1) is 12.3 Å². The molecular weight excluding hydrogens is 88.1 g/mol. The number of nitrogens with one attached hydrogen (secondary N) is 1. The van der Waals surface area contributed by atoms with Gasteiger partial charge < -0.3 is 11.1 Å². The Kier molecular flexibility index (Phi) is 5.07. The molecule has 0 amide bonds. The van der Waals surface area contributed by atoms with Gasteiger partial charge in [0.15, 0.2) is 0 Å². The maximum absolute atomic E-state index is 5.09. The van der Waals surface area contributed by atoms with Gasteiger partial charge in [0, 0.05) is 19.6 Å². The van der Waals surface area contributed by atoms with Gasteiger partial charge in [0.1, 0.15) is 0 Å². The molecule has 0 aromatic heterocycles. The molecule has 0 aromatic carbocycles. The Hall–Kier alpha value is -0.520. The molecule has 0 atom stereocenters. The molecule has 0 aliphatic rings. The van der Waals surface area contributed by atoms with Crippen molar-refractivity contribution in [3.8, 4) is 12.3 Å². The quantitative estimate of drug-likeness (QED) is 0.284. The molecular formula is C5H10N2. The van der Waals surface area contributed by atoms with E-state index in [2.05, 4.69) is 11.2 Å². The molecule has 0 aliphatic carbocycles. The van der Waals surface area contributed by atoms with Crippen LogP contribution in [0.3, 0.4) is 0 Å². The van der Waals surface area contributed by atoms with E-state index in [-0.39, 0.29) is 0 Å². The van der Waals surface area contributed by atoms with Crippen molar-refractivity contribution in [3.05, 3.63) is 0 Å². The summed E-state index contributed by atoms with van der Waals surface area (Å²) in [7, 11) is 0. The van der Waals surface area contributed by atoms with Crippen molar-refractivity contribution in [1.29, 1.82) is 0 Å². The molecule has 0 saturated heterocycles. The summed E-state index contributed by atoms with van der Waals surface area (Å²) in [6.45, 7) is 1.34. The van der Waals surface area contributed by atoms with Gasteiger partial charge in [-0.1, -0.05) is 0 Å². The Morgan fingerprint density at radius 3 is 2.86 bits per heavy atom. The fourth-order valence-corrected chi connectivity index (χ4v) is 0.263. The number of hydrogen-bond donors (Lipinski definition) is 2. The summed E-state index contributed by atoms with van der Waals surface area (Å²) < 4.78 is 0. The van der Waals surface area contributed by atoms with Gasteiger partial charge >= 0.3 is 0 Å². The van der Waals surface area contributed by atoms with Crippen molar-refractivity contribution in [2.24, 2.45) is 5.73 Å². The summed E-state index contributed by atoms with van der Waals surface area (Å²) in [4.78, 5) is 0. The third kappa shape index (κ3) is 5.48. The van der Waals surface area contributed by atoms with Gasteiger partial charge in [-0.05, 0) is 0 Å². The van der Waals surface area contributed by atoms with Crippen molar-refractivity contribution in [3.63, 3.8) is 0 Å². The molecule has 0 heterocycles. The molecule has 2 nitrogen and oxygen atoms in total. The summed E-state index contributed by atoms with van der Waals surface area (Å²) in [6.07, 6.45) is 5.70. The largest absolute Gasteiger partial charge is 0.318 e. The summed E-state index contributed by atoms with van der Waals surface area (Å²) in [5.74, 6) is 2.48. The number of nitrogens with two attached hydrogens (primary N) is 1. The first-order valence-corrected chi connectivity index (χ1v) is 2.26. The summed E-state index contributed by atoms with van der Waals surface area (Å²) in [5.41, 5.74) is 5.09. The van der Waals surface area contributed by atoms with Crippen LogP contribution < -0.4 is 11.1 Å². The minimum absolute atomic E-state index is 0.516. The van der Waals surface area contributed by atoms with Gasteiger partial charge in [0.2, 0.25) is 0 Å². The Bertz CT molecular complexity index is 63.0. The zero-order valence-corrected chi connectivity index (χ0v) is 4.28. The fraction of sp³-hybridized carbons (Fsp3) is 0.600. The van der Waals surface area contributed by atoms with Gasteiger partial charge in [0.05, 0.1) is 0 Å². The Morgan fingerprint density at radius 1 is 1.71 bits per heavy atom. The number of rotatable bonds is 3. The van der Waals surface area contributed by atoms with Crippen molar-refractivity contribution >= 4 is 0 Å². The standard InChI is InChI=1S/C5H10N2/c1-2-3-4-7-5-6/h1,7H,3-6H2. The topological polar surface area (TPSA) is 38.0 Å². The van der Waals surface area contributed by atoms with Gasteiger partial charge in [-0.2, -0.15) is 0 Å². The predicted octanol–water partition coefficient (Wildman–Crippen LogP) is -0.485. The van der Waals surface area contributed by atoms with Gasteiger partial charge in [-0.3, -0.25) is 0 Å². The van der Waals surface area contributed by atoms with Crippen molar-refractivity contribution in [1.82, 2.24) is 5.32 Å². The normalized spacial score (nSPS) is 8.00. The minimum atomic E-state index is 0.516. The van der Waals surface area contributed by atoms with Crippen LogP contribution >= 0.6 is 0 Å². The zero-order valence-electron chi connectivity index (χ0n) is 4.28. The van der Waals surface area contributed by atoms with Crippen LogP contribution in [0.15, 0.2) is 0 Å². The lowest BCUT2D eigenvalue weighted by atomic mass is 10.4. The highest BCUT2D eigenvalue weighted by Gasteiger charge is 1.74. The highest BCUT2D eigenvalue weighted by molar-refractivity contribution is 4.83. The fourth-order valence-electron chi connectivity index (χ4n) is 0.263. The van der Waals surface area contributed by atoms with Crippen molar-refractivity contribution in [2.75, 3.05) is 13.2 Å². The Balaban J connectivity index is 2.60. The second-order valence-corrected chi connectivity index (χ2v) is 1.16. The van der Waals surface area contributed by atoms with E-state index in [1.807, 2.05) is 0 Å². The van der Waals surface area contributed by atoms with Crippen LogP contribution in [0.2, 0.25) is 0 Å². The zero-order chi connectivity index (χ0) is 5.54. The third-order valence-electron chi connectivity index (χ3n) is 0.590. The SMILES string of the molecule is C#CCCNCN. The van der Waals surface area contributed by atoms with E-state index in [9.17, 15) is 0 Å². The Labute approximate surface area is 44.1 Å². The van der Waals surface area contributed by atoms with Crippen LogP contribution in [-0.4, -0.2) is 13.2 Å². The summed E-state index contributed by atoms with van der Waals surface area (Å²) >= 11 is 0. The molecule has 3 N–H and O–H groups in total. The summed E-state index contributed by atoms with van der Waals surface area (Å²) in [5, 5.41) is 2.88. The van der Waals surface area contributed by atoms with Gasteiger partial charge in [-0.25, -0.2) is 0 Å². The van der Waals surface area contributed by atoms with Gasteiger partial charge in [0.25, 0.3) is 0 Å². The lowest BCUT2D eigenvalue weighted by molar-refractivity contribution is 0.716. The number of hydrogen-bond acceptors (Lipinski definition) is 2. The van der Waals surface area contributed by atoms with Crippen LogP contribution in [0.5, 0.6) is 0 Å². The molecule has 0 bridgehead atoms. The smallest absolute Gasteiger partial charge is 0.0429 e. The van der Waals surface area contributed by atoms with E-state index in [4.69, 9.17) is 12.2 Å². The third-order valence-corrected chi connectivity index (χ3v) is 0.590. The van der Waals surface area contributed by atoms with E-state index in [0.29, 0.717) is 6.67 Å². The van der Waals surface area contributed by atoms with E-state index in [1.54, 1.807) is 0 Å². The molecule has 0 saturated carbocycles. The maximum Gasteiger partial charge on any atom is 0.0429 e. The lowest BCUT2D eigenvalue weighted by Gasteiger charge is -1.91. The first-order chi connectivity index (χ1) is 3.41. The lowest BCUT2D eigenvalue weighted by Crippen LogP contribution is -2.22. The van der Waals surface area contributed by atoms with Crippen LogP contribution in [0.1, 0.15) is 6.42 Å². The van der Waals surface area contributed by atoms with E-state index in [0.717, 1.165) is 13.0 Å². The van der Waals surface area contributed by atoms with E-state index >= 15 is 0 Å². The molecule has 0 rings (SSSR count). The van der Waals surface area contributed by atoms with Crippen LogP contribution in [0.25, 0.3) is 0 Å². The Morgan fingerprint density at radius 2 is 2.43 bits per heavy atom. The minimum Gasteiger partial charge on any atom is -0.318 e. The molecule has 0 fully saturated rings. The second kappa shape index (κ2) is 5.48. The summed E-state index contributed by atoms with van der Waals surface area (Å²) in [6, 6.07) is 0. The second-order valence-electron chi connectivity index (χ2n) is 1.16. The van der Waals surface area contributed by atoms with E-state index < -0.39 is 0 Å². The maximum atomic E-state index is 5.09. The van der Waals surface area contributed by atoms with Crippen LogP contribution in [0.4, 0.5) is 0 Å². The van der Waals surface area contributed by atoms with E-state index in [1.165, 1.54) is 0 Å². The molecule has 2 heteroatoms. The molecule has 0 spiro atoms. The molecule has 0 unspecified atom stereocenters. The highest BCUT2D eigenvalue weighted by Crippen LogP contribution is 1.64.